The van der Waals surface area contributed by atoms with E-state index in [1.54, 1.807) is 20.3 Å². The molecule has 2 atom stereocenters. The van der Waals surface area contributed by atoms with Crippen molar-refractivity contribution in [3.8, 4) is 11.5 Å². The lowest BCUT2D eigenvalue weighted by molar-refractivity contribution is -0.139. The first-order valence-electron chi connectivity index (χ1n) is 11.8. The van der Waals surface area contributed by atoms with Crippen LogP contribution in [0.1, 0.15) is 56.1 Å². The quantitative estimate of drug-likeness (QED) is 0.499. The SMILES string of the molecule is CCCOC(=O)C1=C(C)NC2=C(C(=O)CC(c3ccc(OC)c(OC)c3)C2)C1c1ccccc1Cl. The number of halogens is 1. The largest absolute Gasteiger partial charge is 0.493 e. The predicted octanol–water partition coefficient (Wildman–Crippen LogP) is 5.67. The van der Waals surface area contributed by atoms with Gasteiger partial charge in [-0.1, -0.05) is 42.8 Å². The average molecular weight is 496 g/mol. The number of ketones is 1. The Bertz CT molecular complexity index is 1220. The maximum Gasteiger partial charge on any atom is 0.336 e. The summed E-state index contributed by atoms with van der Waals surface area (Å²) in [6, 6.07) is 13.1. The lowest BCUT2D eigenvalue weighted by atomic mass is 9.71. The summed E-state index contributed by atoms with van der Waals surface area (Å²) in [4.78, 5) is 26.8. The fraction of sp³-hybridized carbons (Fsp3) is 0.357. The molecule has 35 heavy (non-hydrogen) atoms. The molecule has 0 aromatic heterocycles. The maximum absolute atomic E-state index is 13.7. The van der Waals surface area contributed by atoms with Crippen LogP contribution >= 0.6 is 11.6 Å². The first kappa shape index (κ1) is 24.9. The fourth-order valence-corrected chi connectivity index (χ4v) is 5.19. The molecule has 0 bridgehead atoms. The van der Waals surface area contributed by atoms with Crippen molar-refractivity contribution in [2.24, 2.45) is 0 Å². The molecule has 6 nitrogen and oxygen atoms in total. The third-order valence-corrected chi connectivity index (χ3v) is 6.92. The summed E-state index contributed by atoms with van der Waals surface area (Å²) in [5.74, 6) is 0.201. The van der Waals surface area contributed by atoms with Gasteiger partial charge in [-0.3, -0.25) is 4.79 Å². The lowest BCUT2D eigenvalue weighted by Crippen LogP contribution is -2.36. The third kappa shape index (κ3) is 4.80. The zero-order valence-electron chi connectivity index (χ0n) is 20.4. The minimum atomic E-state index is -0.580. The van der Waals surface area contributed by atoms with Crippen molar-refractivity contribution in [1.29, 1.82) is 0 Å². The number of benzene rings is 2. The van der Waals surface area contributed by atoms with Crippen LogP contribution in [0.4, 0.5) is 0 Å². The zero-order valence-corrected chi connectivity index (χ0v) is 21.2. The van der Waals surface area contributed by atoms with Gasteiger partial charge in [-0.05, 0) is 55.0 Å². The van der Waals surface area contributed by atoms with E-state index in [-0.39, 0.29) is 11.7 Å². The van der Waals surface area contributed by atoms with Crippen LogP contribution in [0.2, 0.25) is 5.02 Å². The first-order chi connectivity index (χ1) is 16.9. The number of esters is 1. The first-order valence-corrected chi connectivity index (χ1v) is 12.1. The van der Waals surface area contributed by atoms with Gasteiger partial charge in [0.05, 0.1) is 26.4 Å². The van der Waals surface area contributed by atoms with E-state index in [1.807, 2.05) is 50.2 Å². The number of methoxy groups -OCH3 is 2. The van der Waals surface area contributed by atoms with Crippen molar-refractivity contribution in [2.45, 2.75) is 44.9 Å². The van der Waals surface area contributed by atoms with Crippen LogP contribution in [-0.2, 0) is 14.3 Å². The minimum Gasteiger partial charge on any atom is -0.493 e. The van der Waals surface area contributed by atoms with Gasteiger partial charge in [-0.2, -0.15) is 0 Å². The highest BCUT2D eigenvalue weighted by molar-refractivity contribution is 6.31. The van der Waals surface area contributed by atoms with Crippen molar-refractivity contribution < 1.29 is 23.8 Å². The van der Waals surface area contributed by atoms with E-state index in [1.165, 1.54) is 0 Å². The van der Waals surface area contributed by atoms with E-state index >= 15 is 0 Å². The Morgan fingerprint density at radius 2 is 1.83 bits per heavy atom. The molecule has 4 rings (SSSR count). The van der Waals surface area contributed by atoms with Gasteiger partial charge in [0.2, 0.25) is 0 Å². The van der Waals surface area contributed by atoms with Crippen LogP contribution in [0, 0.1) is 0 Å². The monoisotopic (exact) mass is 495 g/mol. The normalized spacial score (nSPS) is 19.7. The van der Waals surface area contributed by atoms with Gasteiger partial charge >= 0.3 is 5.97 Å². The standard InChI is InChI=1S/C28H30ClNO5/c1-5-12-35-28(32)25-16(2)30-21-13-18(17-10-11-23(33-3)24(15-17)34-4)14-22(31)27(21)26(25)19-8-6-7-9-20(19)29/h6-11,15,18,26,30H,5,12-14H2,1-4H3. The lowest BCUT2D eigenvalue weighted by Gasteiger charge is -2.37. The maximum atomic E-state index is 13.7. The molecule has 7 heteroatoms. The molecule has 2 unspecified atom stereocenters. The van der Waals surface area contributed by atoms with Gasteiger partial charge in [0.25, 0.3) is 0 Å². The summed E-state index contributed by atoms with van der Waals surface area (Å²) in [5, 5.41) is 3.87. The molecule has 0 saturated carbocycles. The number of ether oxygens (including phenoxy) is 3. The molecule has 1 aliphatic carbocycles. The van der Waals surface area contributed by atoms with Crippen molar-refractivity contribution in [2.75, 3.05) is 20.8 Å². The Hall–Kier alpha value is -3.25. The summed E-state index contributed by atoms with van der Waals surface area (Å²) in [6.07, 6.45) is 1.64. The van der Waals surface area contributed by atoms with Crippen LogP contribution in [-0.4, -0.2) is 32.6 Å². The zero-order chi connectivity index (χ0) is 25.1. The topological polar surface area (TPSA) is 73.9 Å². The molecule has 0 fully saturated rings. The van der Waals surface area contributed by atoms with Gasteiger partial charge in [0.15, 0.2) is 17.3 Å². The van der Waals surface area contributed by atoms with Crippen molar-refractivity contribution in [1.82, 2.24) is 5.32 Å². The van der Waals surface area contributed by atoms with Crippen LogP contribution in [0.3, 0.4) is 0 Å². The molecule has 1 N–H and O–H groups in total. The van der Waals surface area contributed by atoms with E-state index < -0.39 is 11.9 Å². The molecule has 1 heterocycles. The summed E-state index contributed by atoms with van der Waals surface area (Å²) >= 11 is 6.59. The summed E-state index contributed by atoms with van der Waals surface area (Å²) in [6.45, 7) is 4.10. The number of Topliss-reactive ketones (excluding diaryl/α,β-unsaturated/α-hetero) is 1. The molecule has 184 valence electrons. The summed E-state index contributed by atoms with van der Waals surface area (Å²) in [5.41, 5.74) is 4.23. The number of carbonyl (C=O) groups excluding carboxylic acids is 2. The third-order valence-electron chi connectivity index (χ3n) is 6.58. The highest BCUT2D eigenvalue weighted by Crippen LogP contribution is 2.47. The predicted molar refractivity (Wildman–Crippen MR) is 135 cm³/mol. The number of nitrogens with one attached hydrogen (secondary N) is 1. The molecule has 0 spiro atoms. The van der Waals surface area contributed by atoms with E-state index in [2.05, 4.69) is 5.32 Å². The second-order valence-electron chi connectivity index (χ2n) is 8.79. The molecule has 2 aromatic rings. The number of hydrogen-bond donors (Lipinski definition) is 1. The Balaban J connectivity index is 1.77. The molecule has 0 amide bonds. The van der Waals surface area contributed by atoms with Crippen LogP contribution in [0.25, 0.3) is 0 Å². The summed E-state index contributed by atoms with van der Waals surface area (Å²) < 4.78 is 16.3. The van der Waals surface area contributed by atoms with Crippen LogP contribution in [0.5, 0.6) is 11.5 Å². The van der Waals surface area contributed by atoms with E-state index in [4.69, 9.17) is 25.8 Å². The van der Waals surface area contributed by atoms with E-state index in [9.17, 15) is 9.59 Å². The molecule has 2 aliphatic rings. The number of allylic oxidation sites excluding steroid dienone is 3. The summed E-state index contributed by atoms with van der Waals surface area (Å²) in [7, 11) is 3.19. The molecule has 1 aliphatic heterocycles. The minimum absolute atomic E-state index is 0.0169. The van der Waals surface area contributed by atoms with E-state index in [0.29, 0.717) is 59.2 Å². The average Bonchev–Trinajstić information content (AvgIpc) is 2.86. The van der Waals surface area contributed by atoms with Gasteiger partial charge in [-0.15, -0.1) is 0 Å². The van der Waals surface area contributed by atoms with Gasteiger partial charge in [-0.25, -0.2) is 4.79 Å². The fourth-order valence-electron chi connectivity index (χ4n) is 4.94. The molecule has 2 aromatic carbocycles. The molecule has 0 radical (unpaired) electrons. The number of rotatable bonds is 7. The van der Waals surface area contributed by atoms with Gasteiger partial charge in [0, 0.05) is 34.3 Å². The van der Waals surface area contributed by atoms with Crippen molar-refractivity contribution in [3.05, 3.63) is 81.2 Å². The number of dihydropyridines is 1. The number of carbonyl (C=O) groups is 2. The van der Waals surface area contributed by atoms with Gasteiger partial charge < -0.3 is 19.5 Å². The molecular formula is C28H30ClNO5. The second-order valence-corrected chi connectivity index (χ2v) is 9.20. The molecular weight excluding hydrogens is 466 g/mol. The second kappa shape index (κ2) is 10.6. The Morgan fingerprint density at radius 1 is 1.09 bits per heavy atom. The van der Waals surface area contributed by atoms with E-state index in [0.717, 1.165) is 16.8 Å². The van der Waals surface area contributed by atoms with Crippen LogP contribution in [0.15, 0.2) is 65.0 Å². The van der Waals surface area contributed by atoms with Crippen LogP contribution < -0.4 is 14.8 Å². The van der Waals surface area contributed by atoms with Crippen molar-refractivity contribution >= 4 is 23.4 Å². The van der Waals surface area contributed by atoms with Gasteiger partial charge in [0.1, 0.15) is 0 Å². The Labute approximate surface area is 210 Å². The molecule has 0 saturated heterocycles. The highest BCUT2D eigenvalue weighted by Gasteiger charge is 2.42. The number of hydrogen-bond acceptors (Lipinski definition) is 6. The van der Waals surface area contributed by atoms with Crippen molar-refractivity contribution in [3.63, 3.8) is 0 Å². The Morgan fingerprint density at radius 3 is 2.51 bits per heavy atom. The Kier molecular flexibility index (Phi) is 7.51. The smallest absolute Gasteiger partial charge is 0.336 e. The highest BCUT2D eigenvalue weighted by atomic mass is 35.5.